The standard InChI is InChI=1S/3C46H32N2/c1-4-14-33(15-5-1)35-24-28-39(29-25-35)47(40-30-26-36(27-31-40)34-16-6-2-7-17-34)44-32-37-18-10-11-21-41(37)45-42-22-12-13-23-43(42)48(46(44)45)38-19-8-3-9-20-38;1-4-14-33(15-5-1)35-24-28-38(29-25-35)47(39-30-26-36(27-31-39)34-16-6-2-7-17-34)44-32-45-46(41-21-11-10-20-40(41)44)42-22-12-13-23-43(42)48(45)37-18-8-3-9-19-37;1-4-13-33(14-5-1)35-23-27-38(28-24-35)47(39-29-25-36(26-30-39)34-15-6-2-7-16-34)43-22-12-20-41-40(43)31-32-45-46(41)42-19-10-11-21-44(42)48(45)37-17-8-3-9-18-37/h3*1-32H. The highest BCUT2D eigenvalue weighted by Gasteiger charge is 2.28. The predicted molar refractivity (Wildman–Crippen MR) is 612 cm³/mol. The maximum absolute atomic E-state index is 2.44. The second-order valence-corrected chi connectivity index (χ2v) is 36.6. The molecule has 0 bridgehead atoms. The number of nitrogens with zero attached hydrogens (tertiary/aromatic N) is 6. The summed E-state index contributed by atoms with van der Waals surface area (Å²) >= 11 is 0. The molecule has 0 atom stereocenters. The Labute approximate surface area is 837 Å². The Morgan fingerprint density at radius 3 is 0.729 bits per heavy atom. The van der Waals surface area contributed by atoms with Crippen molar-refractivity contribution in [1.82, 2.24) is 13.7 Å². The van der Waals surface area contributed by atoms with Crippen molar-refractivity contribution in [1.29, 1.82) is 0 Å². The first-order valence-corrected chi connectivity index (χ1v) is 49.3. The highest BCUT2D eigenvalue weighted by molar-refractivity contribution is 6.28. The van der Waals surface area contributed by atoms with Crippen molar-refractivity contribution in [2.45, 2.75) is 0 Å². The number of hydrogen-bond acceptors (Lipinski definition) is 3. The lowest BCUT2D eigenvalue weighted by atomic mass is 9.99. The average Bonchev–Trinajstić information content (AvgIpc) is 1.56. The minimum atomic E-state index is 1.10. The molecule has 144 heavy (non-hydrogen) atoms. The van der Waals surface area contributed by atoms with Crippen LogP contribution in [-0.4, -0.2) is 13.7 Å². The lowest BCUT2D eigenvalue weighted by Gasteiger charge is -2.28. The number of anilines is 9. The van der Waals surface area contributed by atoms with Crippen LogP contribution in [0, 0.1) is 0 Å². The fraction of sp³-hybridized carbons (Fsp3) is 0. The van der Waals surface area contributed by atoms with Gasteiger partial charge in [-0.05, 0) is 240 Å². The molecule has 27 aromatic rings. The average molecular weight is 1840 g/mol. The molecular formula is C138H96N6. The van der Waals surface area contributed by atoms with Crippen LogP contribution < -0.4 is 14.7 Å². The van der Waals surface area contributed by atoms with Gasteiger partial charge in [0.2, 0.25) is 0 Å². The third-order valence-corrected chi connectivity index (χ3v) is 28.1. The van der Waals surface area contributed by atoms with Gasteiger partial charge in [0.1, 0.15) is 0 Å². The summed E-state index contributed by atoms with van der Waals surface area (Å²) in [5, 5.41) is 14.9. The first-order chi connectivity index (χ1) is 71.5. The maximum Gasteiger partial charge on any atom is 0.0788 e. The molecule has 0 fully saturated rings. The third-order valence-electron chi connectivity index (χ3n) is 28.1. The maximum atomic E-state index is 2.44. The number of hydrogen-bond donors (Lipinski definition) is 0. The monoisotopic (exact) mass is 1840 g/mol. The molecule has 24 aromatic carbocycles. The van der Waals surface area contributed by atoms with Gasteiger partial charge in [0, 0.05) is 94.3 Å². The lowest BCUT2D eigenvalue weighted by molar-refractivity contribution is 1.17. The van der Waals surface area contributed by atoms with Gasteiger partial charge in [-0.25, -0.2) is 0 Å². The van der Waals surface area contributed by atoms with Crippen LogP contribution in [0.2, 0.25) is 0 Å². The Morgan fingerprint density at radius 2 is 0.368 bits per heavy atom. The van der Waals surface area contributed by atoms with Crippen molar-refractivity contribution in [3.05, 3.63) is 582 Å². The van der Waals surface area contributed by atoms with Crippen LogP contribution in [0.25, 0.3) is 182 Å². The van der Waals surface area contributed by atoms with Gasteiger partial charge >= 0.3 is 0 Å². The minimum Gasteiger partial charge on any atom is -0.310 e. The van der Waals surface area contributed by atoms with E-state index in [4.69, 9.17) is 0 Å². The zero-order valence-corrected chi connectivity index (χ0v) is 79.1. The molecule has 0 N–H and O–H groups in total. The molecule has 0 radical (unpaired) electrons. The summed E-state index contributed by atoms with van der Waals surface area (Å²) in [5.41, 5.74) is 35.1. The summed E-state index contributed by atoms with van der Waals surface area (Å²) < 4.78 is 7.24. The summed E-state index contributed by atoms with van der Waals surface area (Å²) in [6.07, 6.45) is 0. The molecule has 27 rings (SSSR count). The largest absolute Gasteiger partial charge is 0.310 e. The minimum absolute atomic E-state index is 1.10. The van der Waals surface area contributed by atoms with Crippen molar-refractivity contribution in [2.24, 2.45) is 0 Å². The normalized spacial score (nSPS) is 11.3. The van der Waals surface area contributed by atoms with E-state index in [2.05, 4.69) is 611 Å². The van der Waals surface area contributed by atoms with Crippen molar-refractivity contribution < 1.29 is 0 Å². The molecule has 678 valence electrons. The fourth-order valence-electron chi connectivity index (χ4n) is 21.4. The molecule has 0 spiro atoms. The van der Waals surface area contributed by atoms with Crippen molar-refractivity contribution >= 4 is 149 Å². The van der Waals surface area contributed by atoms with Crippen molar-refractivity contribution in [3.63, 3.8) is 0 Å². The van der Waals surface area contributed by atoms with Gasteiger partial charge in [0.05, 0.1) is 50.2 Å². The van der Waals surface area contributed by atoms with Crippen LogP contribution in [0.3, 0.4) is 0 Å². The number of para-hydroxylation sites is 6. The Bertz CT molecular complexity index is 8990. The van der Waals surface area contributed by atoms with E-state index in [1.807, 2.05) is 0 Å². The van der Waals surface area contributed by atoms with Crippen LogP contribution in [-0.2, 0) is 0 Å². The Morgan fingerprint density at radius 1 is 0.125 bits per heavy atom. The first-order valence-electron chi connectivity index (χ1n) is 49.3. The summed E-state index contributed by atoms with van der Waals surface area (Å²) in [6.45, 7) is 0. The highest BCUT2D eigenvalue weighted by Crippen LogP contribution is 2.52. The van der Waals surface area contributed by atoms with E-state index in [9.17, 15) is 0 Å². The first kappa shape index (κ1) is 86.4. The molecule has 3 heterocycles. The molecule has 0 aliphatic carbocycles. The van der Waals surface area contributed by atoms with Gasteiger partial charge in [-0.3, -0.25) is 0 Å². The van der Waals surface area contributed by atoms with Gasteiger partial charge in [0.15, 0.2) is 0 Å². The number of benzene rings is 24. The summed E-state index contributed by atoms with van der Waals surface area (Å²) in [7, 11) is 0. The van der Waals surface area contributed by atoms with Crippen LogP contribution >= 0.6 is 0 Å². The quantitative estimate of drug-likeness (QED) is 0.0856. The Hall–Kier alpha value is -19.1. The molecule has 0 saturated heterocycles. The highest BCUT2D eigenvalue weighted by atomic mass is 15.2. The van der Waals surface area contributed by atoms with Crippen LogP contribution in [0.4, 0.5) is 51.2 Å². The molecule has 0 aliphatic heterocycles. The smallest absolute Gasteiger partial charge is 0.0788 e. The molecule has 6 nitrogen and oxygen atoms in total. The number of fused-ring (bicyclic) bond motifs is 15. The Balaban J connectivity index is 0.000000113. The van der Waals surface area contributed by atoms with Gasteiger partial charge in [-0.1, -0.05) is 431 Å². The van der Waals surface area contributed by atoms with Gasteiger partial charge in [-0.2, -0.15) is 0 Å². The zero-order valence-electron chi connectivity index (χ0n) is 79.1. The third kappa shape index (κ3) is 16.3. The van der Waals surface area contributed by atoms with E-state index >= 15 is 0 Å². The van der Waals surface area contributed by atoms with E-state index in [-0.39, 0.29) is 0 Å². The zero-order chi connectivity index (χ0) is 95.6. The molecule has 0 unspecified atom stereocenters. The second-order valence-electron chi connectivity index (χ2n) is 36.6. The molecule has 6 heteroatoms. The van der Waals surface area contributed by atoms with Crippen LogP contribution in [0.15, 0.2) is 582 Å². The van der Waals surface area contributed by atoms with Crippen molar-refractivity contribution in [2.75, 3.05) is 14.7 Å². The van der Waals surface area contributed by atoms with Gasteiger partial charge in [-0.15, -0.1) is 0 Å². The molecular weight excluding hydrogens is 1740 g/mol. The predicted octanol–water partition coefficient (Wildman–Crippen LogP) is 38.2. The SMILES string of the molecule is c1ccc(-c2ccc(N(c3ccc(-c4ccccc4)cc3)c3cc4c(c5ccccc35)c3ccccc3n4-c3ccccc3)cc2)cc1.c1ccc(-c2ccc(N(c3ccc(-c4ccccc4)cc3)c3cc4ccccc4c4c5ccccc5n(-c5ccccc5)c34)cc2)cc1.c1ccc(-c2ccc(N(c3ccc(-c4ccccc4)cc3)c3cccc4c3ccc3c4c4ccccc4n3-c3ccccc3)cc2)cc1. The lowest BCUT2D eigenvalue weighted by Crippen LogP contribution is -2.12. The van der Waals surface area contributed by atoms with E-state index in [1.165, 1.54) is 164 Å². The molecule has 0 aliphatic rings. The van der Waals surface area contributed by atoms with Crippen molar-refractivity contribution in [3.8, 4) is 83.8 Å². The molecule has 0 saturated carbocycles. The summed E-state index contributed by atoms with van der Waals surface area (Å²) in [6, 6.07) is 209. The topological polar surface area (TPSA) is 24.5 Å². The van der Waals surface area contributed by atoms with Crippen LogP contribution in [0.1, 0.15) is 0 Å². The number of rotatable bonds is 18. The second kappa shape index (κ2) is 38.3. The van der Waals surface area contributed by atoms with E-state index in [1.54, 1.807) is 0 Å². The number of aromatic nitrogens is 3. The van der Waals surface area contributed by atoms with E-state index < -0.39 is 0 Å². The Kier molecular flexibility index (Phi) is 23.0. The summed E-state index contributed by atoms with van der Waals surface area (Å²) in [5.74, 6) is 0. The molecule has 3 aromatic heterocycles. The van der Waals surface area contributed by atoms with E-state index in [0.29, 0.717) is 0 Å². The fourth-order valence-corrected chi connectivity index (χ4v) is 21.4. The summed E-state index contributed by atoms with van der Waals surface area (Å²) in [4.78, 5) is 7.24. The van der Waals surface area contributed by atoms with Crippen LogP contribution in [0.5, 0.6) is 0 Å². The van der Waals surface area contributed by atoms with E-state index in [0.717, 1.165) is 68.2 Å². The molecule has 0 amide bonds. The van der Waals surface area contributed by atoms with Gasteiger partial charge < -0.3 is 28.4 Å². The van der Waals surface area contributed by atoms with Gasteiger partial charge in [0.25, 0.3) is 0 Å².